The molecule has 0 saturated carbocycles. The Balaban J connectivity index is 2.45. The molecule has 0 radical (unpaired) electrons. The molecular weight excluding hydrogens is 244 g/mol. The minimum atomic E-state index is -0.999. The van der Waals surface area contributed by atoms with Gasteiger partial charge in [-0.1, -0.05) is 17.7 Å². The highest BCUT2D eigenvalue weighted by atomic mass is 35.5. The molecule has 0 aliphatic carbocycles. The summed E-state index contributed by atoms with van der Waals surface area (Å²) in [5.74, 6) is -1.94. The molecule has 0 saturated heterocycles. The molecule has 1 heterocycles. The van der Waals surface area contributed by atoms with E-state index in [4.69, 9.17) is 22.4 Å². The van der Waals surface area contributed by atoms with E-state index < -0.39 is 11.9 Å². The predicted molar refractivity (Wildman–Crippen MR) is 63.2 cm³/mol. The lowest BCUT2D eigenvalue weighted by Gasteiger charge is -2.12. The van der Waals surface area contributed by atoms with E-state index in [-0.39, 0.29) is 18.9 Å². The number of hydrogen-bond donors (Lipinski definition) is 3. The number of rotatable bonds is 3. The van der Waals surface area contributed by atoms with E-state index in [0.717, 1.165) is 5.56 Å². The fraction of sp³-hybridized carbons (Fsp3) is 0.273. The van der Waals surface area contributed by atoms with Crippen LogP contribution < -0.4 is 11.1 Å². The average molecular weight is 255 g/mol. The third-order valence-corrected chi connectivity index (χ3v) is 3.04. The topological polar surface area (TPSA) is 92.4 Å². The molecule has 0 bridgehead atoms. The maximum atomic E-state index is 11.2. The number of amides is 1. The third kappa shape index (κ3) is 2.11. The van der Waals surface area contributed by atoms with Gasteiger partial charge in [0.15, 0.2) is 0 Å². The Labute approximate surface area is 103 Å². The van der Waals surface area contributed by atoms with Crippen LogP contribution in [0.3, 0.4) is 0 Å². The van der Waals surface area contributed by atoms with E-state index in [1.54, 1.807) is 6.07 Å². The Hall–Kier alpha value is -1.59. The molecule has 1 aliphatic rings. The van der Waals surface area contributed by atoms with Crippen LogP contribution in [0.5, 0.6) is 0 Å². The largest absolute Gasteiger partial charge is 0.481 e. The number of nitrogens with one attached hydrogen (secondary N) is 1. The zero-order chi connectivity index (χ0) is 12.6. The van der Waals surface area contributed by atoms with Gasteiger partial charge in [0.25, 0.3) is 0 Å². The minimum Gasteiger partial charge on any atom is -0.481 e. The van der Waals surface area contributed by atoms with Crippen molar-refractivity contribution in [3.05, 3.63) is 28.3 Å². The van der Waals surface area contributed by atoms with Gasteiger partial charge in [-0.05, 0) is 17.2 Å². The van der Waals surface area contributed by atoms with Crippen LogP contribution in [0.25, 0.3) is 0 Å². The number of halogens is 1. The molecule has 1 unspecified atom stereocenters. The van der Waals surface area contributed by atoms with Crippen molar-refractivity contribution < 1.29 is 14.7 Å². The molecule has 4 N–H and O–H groups in total. The van der Waals surface area contributed by atoms with Crippen LogP contribution in [0.4, 0.5) is 5.69 Å². The summed E-state index contributed by atoms with van der Waals surface area (Å²) in [7, 11) is 0. The zero-order valence-corrected chi connectivity index (χ0v) is 9.62. The highest BCUT2D eigenvalue weighted by Crippen LogP contribution is 2.34. The number of hydrogen-bond acceptors (Lipinski definition) is 3. The van der Waals surface area contributed by atoms with Gasteiger partial charge in [0.1, 0.15) is 0 Å². The number of carbonyl (C=O) groups is 2. The first kappa shape index (κ1) is 11.9. The summed E-state index contributed by atoms with van der Waals surface area (Å²) in [5, 5.41) is 12.0. The monoisotopic (exact) mass is 254 g/mol. The van der Waals surface area contributed by atoms with Gasteiger partial charge in [-0.25, -0.2) is 0 Å². The summed E-state index contributed by atoms with van der Waals surface area (Å²) in [6.45, 7) is -0.00811. The molecule has 1 atom stereocenters. The lowest BCUT2D eigenvalue weighted by atomic mass is 9.96. The highest BCUT2D eigenvalue weighted by molar-refractivity contribution is 6.34. The van der Waals surface area contributed by atoms with Crippen molar-refractivity contribution in [1.29, 1.82) is 0 Å². The van der Waals surface area contributed by atoms with Crippen LogP contribution in [-0.2, 0) is 16.0 Å². The van der Waals surface area contributed by atoms with Gasteiger partial charge in [0.05, 0.1) is 23.0 Å². The number of carbonyl (C=O) groups excluding carboxylic acids is 1. The molecular formula is C11H11ClN2O3. The quantitative estimate of drug-likeness (QED) is 0.749. The predicted octanol–water partition coefficient (Wildman–Crippen LogP) is 0.961. The maximum absolute atomic E-state index is 11.2. The zero-order valence-electron chi connectivity index (χ0n) is 8.87. The second-order valence-electron chi connectivity index (χ2n) is 3.89. The first-order valence-electron chi connectivity index (χ1n) is 5.08. The standard InChI is InChI=1S/C11H11ClN2O3/c12-8-2-5(7(4-13)11(16)17)1-6-3-9(15)14-10(6)8/h1-2,7H,3-4,13H2,(H,14,15)(H,16,17). The third-order valence-electron chi connectivity index (χ3n) is 2.75. The summed E-state index contributed by atoms with van der Waals surface area (Å²) in [5.41, 5.74) is 7.24. The van der Waals surface area contributed by atoms with Crippen molar-refractivity contribution in [3.63, 3.8) is 0 Å². The lowest BCUT2D eigenvalue weighted by Crippen LogP contribution is -2.21. The molecule has 1 aliphatic heterocycles. The Morgan fingerprint density at radius 1 is 1.59 bits per heavy atom. The smallest absolute Gasteiger partial charge is 0.312 e. The van der Waals surface area contributed by atoms with Crippen molar-refractivity contribution >= 4 is 29.2 Å². The van der Waals surface area contributed by atoms with Gasteiger partial charge >= 0.3 is 5.97 Å². The van der Waals surface area contributed by atoms with Gasteiger partial charge in [0, 0.05) is 6.54 Å². The SMILES string of the molecule is NCC(C(=O)O)c1cc(Cl)c2c(c1)CC(=O)N2. The number of fused-ring (bicyclic) bond motifs is 1. The molecule has 0 spiro atoms. The molecule has 5 nitrogen and oxygen atoms in total. The summed E-state index contributed by atoms with van der Waals surface area (Å²) >= 11 is 6.00. The molecule has 1 aromatic carbocycles. The van der Waals surface area contributed by atoms with Crippen molar-refractivity contribution in [1.82, 2.24) is 0 Å². The van der Waals surface area contributed by atoms with Crippen LogP contribution >= 0.6 is 11.6 Å². The van der Waals surface area contributed by atoms with Crippen LogP contribution in [0.1, 0.15) is 17.0 Å². The fourth-order valence-corrected chi connectivity index (χ4v) is 2.20. The average Bonchev–Trinajstić information content (AvgIpc) is 2.59. The van der Waals surface area contributed by atoms with E-state index in [0.29, 0.717) is 16.3 Å². The van der Waals surface area contributed by atoms with Gasteiger partial charge in [-0.2, -0.15) is 0 Å². The van der Waals surface area contributed by atoms with Crippen LogP contribution in [0, 0.1) is 0 Å². The van der Waals surface area contributed by atoms with Gasteiger partial charge in [-0.3, -0.25) is 9.59 Å². The Bertz CT molecular complexity index is 502. The number of carboxylic acid groups (broad SMARTS) is 1. The van der Waals surface area contributed by atoms with Crippen molar-refractivity contribution in [3.8, 4) is 0 Å². The molecule has 0 fully saturated rings. The number of nitrogens with two attached hydrogens (primary N) is 1. The minimum absolute atomic E-state index is 0.00811. The van der Waals surface area contributed by atoms with E-state index in [1.807, 2.05) is 0 Å². The normalized spacial score (nSPS) is 15.3. The summed E-state index contributed by atoms with van der Waals surface area (Å²) in [4.78, 5) is 22.2. The van der Waals surface area contributed by atoms with E-state index >= 15 is 0 Å². The first-order chi connectivity index (χ1) is 8.02. The molecule has 1 amide bonds. The van der Waals surface area contributed by atoms with Crippen LogP contribution in [0.2, 0.25) is 5.02 Å². The second-order valence-corrected chi connectivity index (χ2v) is 4.30. The van der Waals surface area contributed by atoms with Crippen molar-refractivity contribution in [2.24, 2.45) is 5.73 Å². The first-order valence-corrected chi connectivity index (χ1v) is 5.45. The Kier molecular flexibility index (Phi) is 3.04. The molecule has 6 heteroatoms. The number of anilines is 1. The van der Waals surface area contributed by atoms with E-state index in [2.05, 4.69) is 5.32 Å². The van der Waals surface area contributed by atoms with E-state index in [9.17, 15) is 9.59 Å². The lowest BCUT2D eigenvalue weighted by molar-refractivity contribution is -0.138. The van der Waals surface area contributed by atoms with Gasteiger partial charge < -0.3 is 16.2 Å². The van der Waals surface area contributed by atoms with Crippen LogP contribution in [0.15, 0.2) is 12.1 Å². The number of aliphatic carboxylic acids is 1. The molecule has 2 rings (SSSR count). The molecule has 90 valence electrons. The maximum Gasteiger partial charge on any atom is 0.312 e. The van der Waals surface area contributed by atoms with Gasteiger partial charge in [0.2, 0.25) is 5.91 Å². The van der Waals surface area contributed by atoms with E-state index in [1.165, 1.54) is 6.07 Å². The summed E-state index contributed by atoms with van der Waals surface area (Å²) < 4.78 is 0. The summed E-state index contributed by atoms with van der Waals surface area (Å²) in [6.07, 6.45) is 0.222. The van der Waals surface area contributed by atoms with Crippen LogP contribution in [-0.4, -0.2) is 23.5 Å². The number of benzene rings is 1. The molecule has 0 aromatic heterocycles. The second kappa shape index (κ2) is 4.35. The number of carboxylic acids is 1. The molecule has 17 heavy (non-hydrogen) atoms. The van der Waals surface area contributed by atoms with Crippen molar-refractivity contribution in [2.75, 3.05) is 11.9 Å². The Morgan fingerprint density at radius 3 is 2.88 bits per heavy atom. The van der Waals surface area contributed by atoms with Gasteiger partial charge in [-0.15, -0.1) is 0 Å². The highest BCUT2D eigenvalue weighted by Gasteiger charge is 2.25. The molecule has 1 aromatic rings. The fourth-order valence-electron chi connectivity index (χ4n) is 1.90. The Morgan fingerprint density at radius 2 is 2.29 bits per heavy atom. The summed E-state index contributed by atoms with van der Waals surface area (Å²) in [6, 6.07) is 3.21. The van der Waals surface area contributed by atoms with Crippen molar-refractivity contribution in [2.45, 2.75) is 12.3 Å².